The van der Waals surface area contributed by atoms with Crippen LogP contribution in [0.2, 0.25) is 0 Å². The topological polar surface area (TPSA) is 70.3 Å². The first-order chi connectivity index (χ1) is 9.70. The van der Waals surface area contributed by atoms with E-state index in [0.717, 1.165) is 37.8 Å². The van der Waals surface area contributed by atoms with Gasteiger partial charge in [0.05, 0.1) is 0 Å². The summed E-state index contributed by atoms with van der Waals surface area (Å²) in [5.74, 6) is 2.85. The van der Waals surface area contributed by atoms with Gasteiger partial charge < -0.3 is 19.6 Å². The Morgan fingerprint density at radius 2 is 2.05 bits per heavy atom. The highest BCUT2D eigenvalue weighted by atomic mass is 16.5. The maximum atomic E-state index is 5.01. The third-order valence-corrected chi connectivity index (χ3v) is 3.34. The van der Waals surface area contributed by atoms with E-state index in [0.29, 0.717) is 11.8 Å². The van der Waals surface area contributed by atoms with Gasteiger partial charge in [0.15, 0.2) is 5.82 Å². The molecule has 0 unspecified atom stereocenters. The van der Waals surface area contributed by atoms with Gasteiger partial charge in [0.1, 0.15) is 11.6 Å². The summed E-state index contributed by atoms with van der Waals surface area (Å²) in [5.41, 5.74) is 0. The van der Waals surface area contributed by atoms with Crippen LogP contribution in [0.3, 0.4) is 0 Å². The van der Waals surface area contributed by atoms with Gasteiger partial charge in [-0.1, -0.05) is 5.16 Å². The number of nitrogens with zero attached hydrogens (tertiary/aromatic N) is 5. The smallest absolute Gasteiger partial charge is 0.230 e. The highest BCUT2D eigenvalue weighted by Crippen LogP contribution is 2.17. The van der Waals surface area contributed by atoms with Crippen molar-refractivity contribution >= 4 is 17.6 Å². The molecule has 0 radical (unpaired) electrons. The van der Waals surface area contributed by atoms with Crippen molar-refractivity contribution < 1.29 is 4.52 Å². The number of likely N-dealkylation sites (N-methyl/N-ethyl adjacent to an activating group) is 1. The molecule has 0 aliphatic carbocycles. The molecular weight excluding hydrogens is 256 g/mol. The van der Waals surface area contributed by atoms with E-state index in [9.17, 15) is 0 Å². The lowest BCUT2D eigenvalue weighted by Gasteiger charge is -2.33. The van der Waals surface area contributed by atoms with Gasteiger partial charge in [-0.2, -0.15) is 4.98 Å². The first-order valence-corrected chi connectivity index (χ1v) is 6.67. The predicted octanol–water partition coefficient (Wildman–Crippen LogP) is 1.27. The third kappa shape index (κ3) is 2.88. The van der Waals surface area contributed by atoms with Crippen molar-refractivity contribution in [2.75, 3.05) is 43.4 Å². The molecule has 0 amide bonds. The number of hydrogen-bond donors (Lipinski definition) is 1. The van der Waals surface area contributed by atoms with Crippen LogP contribution in [-0.2, 0) is 0 Å². The minimum absolute atomic E-state index is 0.537. The van der Waals surface area contributed by atoms with Crippen LogP contribution >= 0.6 is 0 Å². The van der Waals surface area contributed by atoms with Crippen molar-refractivity contribution in [3.8, 4) is 0 Å². The molecule has 0 saturated carbocycles. The summed E-state index contributed by atoms with van der Waals surface area (Å²) < 4.78 is 5.01. The van der Waals surface area contributed by atoms with Crippen LogP contribution in [0, 0.1) is 6.92 Å². The first kappa shape index (κ1) is 12.9. The second kappa shape index (κ2) is 5.46. The molecule has 2 aromatic heterocycles. The Kier molecular flexibility index (Phi) is 3.51. The molecule has 20 heavy (non-hydrogen) atoms. The van der Waals surface area contributed by atoms with E-state index in [1.54, 1.807) is 6.20 Å². The highest BCUT2D eigenvalue weighted by Gasteiger charge is 2.15. The fraction of sp³-hybridized carbons (Fsp3) is 0.462. The van der Waals surface area contributed by atoms with E-state index < -0.39 is 0 Å². The van der Waals surface area contributed by atoms with Crippen LogP contribution in [0.4, 0.5) is 17.6 Å². The molecule has 0 atom stereocenters. The summed E-state index contributed by atoms with van der Waals surface area (Å²) in [5, 5.41) is 6.93. The minimum Gasteiger partial charge on any atom is -0.360 e. The molecule has 0 spiro atoms. The molecule has 0 aromatic carbocycles. The molecule has 3 heterocycles. The van der Waals surface area contributed by atoms with Gasteiger partial charge in [0.2, 0.25) is 5.95 Å². The average Bonchev–Trinajstić information content (AvgIpc) is 2.85. The lowest BCUT2D eigenvalue weighted by atomic mass is 10.3. The second-order valence-corrected chi connectivity index (χ2v) is 4.98. The molecule has 2 aromatic rings. The van der Waals surface area contributed by atoms with Crippen molar-refractivity contribution in [2.45, 2.75) is 6.92 Å². The maximum Gasteiger partial charge on any atom is 0.230 e. The van der Waals surface area contributed by atoms with Crippen molar-refractivity contribution in [1.29, 1.82) is 0 Å². The number of hydrogen-bond acceptors (Lipinski definition) is 7. The summed E-state index contributed by atoms with van der Waals surface area (Å²) in [6, 6.07) is 3.75. The quantitative estimate of drug-likeness (QED) is 0.903. The van der Waals surface area contributed by atoms with E-state index in [-0.39, 0.29) is 0 Å². The fourth-order valence-corrected chi connectivity index (χ4v) is 2.16. The highest BCUT2D eigenvalue weighted by molar-refractivity contribution is 5.50. The van der Waals surface area contributed by atoms with Gasteiger partial charge in [0.25, 0.3) is 0 Å². The Hall–Kier alpha value is -2.15. The maximum absolute atomic E-state index is 5.01. The van der Waals surface area contributed by atoms with E-state index >= 15 is 0 Å². The Balaban J connectivity index is 1.72. The van der Waals surface area contributed by atoms with Crippen molar-refractivity contribution in [2.24, 2.45) is 0 Å². The number of aryl methyl sites for hydroxylation is 1. The molecule has 1 N–H and O–H groups in total. The number of anilines is 3. The van der Waals surface area contributed by atoms with Gasteiger partial charge in [-0.15, -0.1) is 0 Å². The fourth-order valence-electron chi connectivity index (χ4n) is 2.16. The zero-order valence-corrected chi connectivity index (χ0v) is 11.7. The molecule has 0 bridgehead atoms. The van der Waals surface area contributed by atoms with Crippen LogP contribution in [0.1, 0.15) is 5.76 Å². The Bertz CT molecular complexity index is 576. The minimum atomic E-state index is 0.537. The summed E-state index contributed by atoms with van der Waals surface area (Å²) in [7, 11) is 2.14. The van der Waals surface area contributed by atoms with Crippen molar-refractivity contribution in [3.05, 3.63) is 24.1 Å². The van der Waals surface area contributed by atoms with Gasteiger partial charge >= 0.3 is 0 Å². The van der Waals surface area contributed by atoms with Crippen LogP contribution in [0.5, 0.6) is 0 Å². The third-order valence-electron chi connectivity index (χ3n) is 3.34. The Morgan fingerprint density at radius 1 is 1.25 bits per heavy atom. The zero-order valence-electron chi connectivity index (χ0n) is 11.7. The Labute approximate surface area is 117 Å². The zero-order chi connectivity index (χ0) is 13.9. The summed E-state index contributed by atoms with van der Waals surface area (Å²) >= 11 is 0. The van der Waals surface area contributed by atoms with E-state index in [2.05, 4.69) is 37.3 Å². The predicted molar refractivity (Wildman–Crippen MR) is 76.3 cm³/mol. The largest absolute Gasteiger partial charge is 0.360 e. The van der Waals surface area contributed by atoms with E-state index in [4.69, 9.17) is 4.52 Å². The summed E-state index contributed by atoms with van der Waals surface area (Å²) in [4.78, 5) is 13.3. The lowest BCUT2D eigenvalue weighted by molar-refractivity contribution is 0.312. The molecule has 1 aliphatic heterocycles. The number of rotatable bonds is 3. The standard InChI is InChI=1S/C13H18N6O/c1-10-9-11(17-20-10)15-13-14-4-3-12(16-13)19-7-5-18(2)6-8-19/h3-4,9H,5-8H2,1-2H3,(H,14,15,16,17). The van der Waals surface area contributed by atoms with Gasteiger partial charge in [-0.25, -0.2) is 4.98 Å². The van der Waals surface area contributed by atoms with E-state index in [1.807, 2.05) is 19.1 Å². The van der Waals surface area contributed by atoms with E-state index in [1.165, 1.54) is 0 Å². The number of nitrogens with one attached hydrogen (secondary N) is 1. The molecule has 1 aliphatic rings. The molecule has 7 heteroatoms. The summed E-state index contributed by atoms with van der Waals surface area (Å²) in [6.07, 6.45) is 1.76. The second-order valence-electron chi connectivity index (χ2n) is 4.98. The van der Waals surface area contributed by atoms with Crippen molar-refractivity contribution in [3.63, 3.8) is 0 Å². The molecule has 3 rings (SSSR count). The van der Waals surface area contributed by atoms with Gasteiger partial charge in [-0.3, -0.25) is 0 Å². The SMILES string of the molecule is Cc1cc(Nc2nccc(N3CCN(C)CC3)n2)no1. The lowest BCUT2D eigenvalue weighted by Crippen LogP contribution is -2.44. The normalized spacial score (nSPS) is 16.4. The molecule has 1 saturated heterocycles. The molecule has 1 fully saturated rings. The van der Waals surface area contributed by atoms with Gasteiger partial charge in [0, 0.05) is 38.4 Å². The monoisotopic (exact) mass is 274 g/mol. The van der Waals surface area contributed by atoms with Crippen LogP contribution < -0.4 is 10.2 Å². The average molecular weight is 274 g/mol. The van der Waals surface area contributed by atoms with Crippen LogP contribution in [-0.4, -0.2) is 53.3 Å². The number of piperazine rings is 1. The summed E-state index contributed by atoms with van der Waals surface area (Å²) in [6.45, 7) is 5.91. The van der Waals surface area contributed by atoms with Crippen LogP contribution in [0.15, 0.2) is 22.9 Å². The molecular formula is C13H18N6O. The van der Waals surface area contributed by atoms with Crippen molar-refractivity contribution in [1.82, 2.24) is 20.0 Å². The molecule has 7 nitrogen and oxygen atoms in total. The Morgan fingerprint density at radius 3 is 2.75 bits per heavy atom. The molecule has 106 valence electrons. The first-order valence-electron chi connectivity index (χ1n) is 6.67. The van der Waals surface area contributed by atoms with Crippen LogP contribution in [0.25, 0.3) is 0 Å². The van der Waals surface area contributed by atoms with Gasteiger partial charge in [-0.05, 0) is 20.0 Å². The number of aromatic nitrogens is 3.